The van der Waals surface area contributed by atoms with E-state index in [0.29, 0.717) is 33.4 Å². The van der Waals surface area contributed by atoms with E-state index in [9.17, 15) is 19.5 Å². The zero-order valence-electron chi connectivity index (χ0n) is 13.0. The number of carbonyl (C=O) groups excluding carboxylic acids is 2. The molecule has 4 heteroatoms. The van der Waals surface area contributed by atoms with Crippen LogP contribution in [0.5, 0.6) is 0 Å². The molecule has 0 saturated heterocycles. The molecule has 0 radical (unpaired) electrons. The number of ketones is 2. The largest absolute Gasteiger partial charge is 0.478 e. The molecule has 0 heterocycles. The van der Waals surface area contributed by atoms with Crippen molar-refractivity contribution in [2.75, 3.05) is 0 Å². The van der Waals surface area contributed by atoms with Gasteiger partial charge in [0.2, 0.25) is 0 Å². The maximum absolute atomic E-state index is 13.0. The normalized spacial score (nSPS) is 12.5. The lowest BCUT2D eigenvalue weighted by molar-refractivity contribution is 0.0696. The Balaban J connectivity index is 1.97. The van der Waals surface area contributed by atoms with E-state index in [4.69, 9.17) is 0 Å². The van der Waals surface area contributed by atoms with Crippen LogP contribution in [0.15, 0.2) is 66.7 Å². The number of benzene rings is 3. The fraction of sp³-hybridized carbons (Fsp3) is 0. The van der Waals surface area contributed by atoms with Crippen LogP contribution in [-0.4, -0.2) is 22.6 Å². The molecule has 4 nitrogen and oxygen atoms in total. The second-order valence-electron chi connectivity index (χ2n) is 5.82. The third-order valence-corrected chi connectivity index (χ3v) is 4.37. The Morgan fingerprint density at radius 2 is 1.28 bits per heavy atom. The molecule has 25 heavy (non-hydrogen) atoms. The lowest BCUT2D eigenvalue weighted by Gasteiger charge is -2.20. The van der Waals surface area contributed by atoms with Crippen molar-refractivity contribution in [2.45, 2.75) is 0 Å². The molecule has 3 aromatic carbocycles. The van der Waals surface area contributed by atoms with Gasteiger partial charge in [-0.25, -0.2) is 4.79 Å². The Morgan fingerprint density at radius 3 is 2.00 bits per heavy atom. The number of carbonyl (C=O) groups is 3. The number of hydrogen-bond acceptors (Lipinski definition) is 3. The molecule has 0 aromatic heterocycles. The molecule has 120 valence electrons. The first-order valence-electron chi connectivity index (χ1n) is 7.73. The van der Waals surface area contributed by atoms with Gasteiger partial charge in [-0.05, 0) is 23.3 Å². The summed E-state index contributed by atoms with van der Waals surface area (Å²) >= 11 is 0. The van der Waals surface area contributed by atoms with Crippen LogP contribution in [0.2, 0.25) is 0 Å². The van der Waals surface area contributed by atoms with Crippen molar-refractivity contribution in [1.29, 1.82) is 0 Å². The van der Waals surface area contributed by atoms with Gasteiger partial charge < -0.3 is 5.11 Å². The highest BCUT2D eigenvalue weighted by Crippen LogP contribution is 2.34. The second-order valence-corrected chi connectivity index (χ2v) is 5.82. The maximum atomic E-state index is 13.0. The van der Waals surface area contributed by atoms with Gasteiger partial charge in [0.1, 0.15) is 0 Å². The van der Waals surface area contributed by atoms with Crippen LogP contribution in [0.25, 0.3) is 11.1 Å². The average molecular weight is 328 g/mol. The minimum absolute atomic E-state index is 0.130. The van der Waals surface area contributed by atoms with E-state index in [1.54, 1.807) is 54.6 Å². The first kappa shape index (κ1) is 15.0. The second kappa shape index (κ2) is 5.53. The molecule has 0 unspecified atom stereocenters. The first-order chi connectivity index (χ1) is 12.1. The smallest absolute Gasteiger partial charge is 0.335 e. The van der Waals surface area contributed by atoms with Gasteiger partial charge in [0.15, 0.2) is 11.6 Å². The topological polar surface area (TPSA) is 71.4 Å². The molecule has 0 saturated carbocycles. The van der Waals surface area contributed by atoms with Crippen LogP contribution < -0.4 is 0 Å². The van der Waals surface area contributed by atoms with Gasteiger partial charge in [0, 0.05) is 22.3 Å². The molecule has 1 N–H and O–H groups in total. The summed E-state index contributed by atoms with van der Waals surface area (Å²) in [6, 6.07) is 18.2. The Labute approximate surface area is 143 Å². The number of carboxylic acid groups (broad SMARTS) is 1. The van der Waals surface area contributed by atoms with Gasteiger partial charge in [-0.1, -0.05) is 54.6 Å². The fourth-order valence-electron chi connectivity index (χ4n) is 3.21. The summed E-state index contributed by atoms with van der Waals surface area (Å²) in [5.41, 5.74) is 2.74. The summed E-state index contributed by atoms with van der Waals surface area (Å²) in [5.74, 6) is -1.46. The predicted octanol–water partition coefficient (Wildman–Crippen LogP) is 3.83. The monoisotopic (exact) mass is 328 g/mol. The van der Waals surface area contributed by atoms with Crippen LogP contribution >= 0.6 is 0 Å². The molecule has 0 fully saturated rings. The Kier molecular flexibility index (Phi) is 3.32. The van der Waals surface area contributed by atoms with Crippen molar-refractivity contribution in [1.82, 2.24) is 0 Å². The van der Waals surface area contributed by atoms with Crippen LogP contribution in [0.1, 0.15) is 42.2 Å². The lowest BCUT2D eigenvalue weighted by atomic mass is 9.80. The summed E-state index contributed by atoms with van der Waals surface area (Å²) in [4.78, 5) is 37.0. The zero-order valence-corrected chi connectivity index (χ0v) is 13.0. The van der Waals surface area contributed by atoms with Crippen LogP contribution in [0.4, 0.5) is 0 Å². The summed E-state index contributed by atoms with van der Waals surface area (Å²) in [7, 11) is 0. The Morgan fingerprint density at radius 1 is 0.680 bits per heavy atom. The number of rotatable bonds is 2. The van der Waals surface area contributed by atoms with Gasteiger partial charge in [0.05, 0.1) is 5.56 Å². The van der Waals surface area contributed by atoms with Crippen molar-refractivity contribution in [2.24, 2.45) is 0 Å². The highest BCUT2D eigenvalue weighted by atomic mass is 16.4. The molecule has 4 rings (SSSR count). The highest BCUT2D eigenvalue weighted by Gasteiger charge is 2.31. The number of aromatic carboxylic acids is 1. The molecule has 1 aliphatic rings. The molecule has 1 aliphatic carbocycles. The fourth-order valence-corrected chi connectivity index (χ4v) is 3.21. The van der Waals surface area contributed by atoms with Crippen LogP contribution in [0, 0.1) is 0 Å². The molecule has 0 atom stereocenters. The van der Waals surface area contributed by atoms with Gasteiger partial charge in [-0.3, -0.25) is 9.59 Å². The first-order valence-corrected chi connectivity index (χ1v) is 7.73. The van der Waals surface area contributed by atoms with E-state index in [0.717, 1.165) is 0 Å². The zero-order chi connectivity index (χ0) is 17.6. The van der Waals surface area contributed by atoms with Gasteiger partial charge in [-0.2, -0.15) is 0 Å². The lowest BCUT2D eigenvalue weighted by Crippen LogP contribution is -2.21. The number of fused-ring (bicyclic) bond motifs is 2. The molecular formula is C21H12O4. The van der Waals surface area contributed by atoms with E-state index < -0.39 is 5.97 Å². The quantitative estimate of drug-likeness (QED) is 0.607. The van der Waals surface area contributed by atoms with Crippen molar-refractivity contribution in [3.63, 3.8) is 0 Å². The Hall–Kier alpha value is -3.53. The molecular weight excluding hydrogens is 316 g/mol. The minimum Gasteiger partial charge on any atom is -0.478 e. The van der Waals surface area contributed by atoms with E-state index in [1.165, 1.54) is 12.1 Å². The van der Waals surface area contributed by atoms with E-state index in [2.05, 4.69) is 0 Å². The summed E-state index contributed by atoms with van der Waals surface area (Å²) in [5, 5.41) is 9.20. The van der Waals surface area contributed by atoms with Crippen molar-refractivity contribution < 1.29 is 19.5 Å². The summed E-state index contributed by atoms with van der Waals surface area (Å²) < 4.78 is 0. The molecule has 0 spiro atoms. The molecule has 0 aliphatic heterocycles. The van der Waals surface area contributed by atoms with Gasteiger partial charge in [-0.15, -0.1) is 0 Å². The van der Waals surface area contributed by atoms with Crippen LogP contribution in [-0.2, 0) is 0 Å². The third kappa shape index (κ3) is 2.27. The Bertz CT molecular complexity index is 1060. The summed E-state index contributed by atoms with van der Waals surface area (Å²) in [6.07, 6.45) is 0. The van der Waals surface area contributed by atoms with Crippen molar-refractivity contribution >= 4 is 17.5 Å². The minimum atomic E-state index is -1.04. The van der Waals surface area contributed by atoms with Crippen molar-refractivity contribution in [3.8, 4) is 11.1 Å². The molecule has 3 aromatic rings. The standard InChI is InChI=1S/C21H12O4/c22-19-15-7-1-2-8-16(15)20(23)18-14(9-4-10-17(18)19)12-5-3-6-13(11-12)21(24)25/h1-11H,(H,24,25). The average Bonchev–Trinajstić information content (AvgIpc) is 2.65. The summed E-state index contributed by atoms with van der Waals surface area (Å²) in [6.45, 7) is 0. The SMILES string of the molecule is O=C(O)c1cccc(-c2cccc3c2C(=O)c2ccccc2C3=O)c1. The highest BCUT2D eigenvalue weighted by molar-refractivity contribution is 6.30. The van der Waals surface area contributed by atoms with E-state index >= 15 is 0 Å². The molecule has 0 bridgehead atoms. The van der Waals surface area contributed by atoms with E-state index in [-0.39, 0.29) is 17.1 Å². The number of carboxylic acids is 1. The third-order valence-electron chi connectivity index (χ3n) is 4.37. The van der Waals surface area contributed by atoms with Gasteiger partial charge in [0.25, 0.3) is 0 Å². The molecule has 0 amide bonds. The maximum Gasteiger partial charge on any atom is 0.335 e. The van der Waals surface area contributed by atoms with E-state index in [1.807, 2.05) is 0 Å². The van der Waals surface area contributed by atoms with Gasteiger partial charge >= 0.3 is 5.97 Å². The number of hydrogen-bond donors (Lipinski definition) is 1. The van der Waals surface area contributed by atoms with Crippen LogP contribution in [0.3, 0.4) is 0 Å². The van der Waals surface area contributed by atoms with Crippen molar-refractivity contribution in [3.05, 3.63) is 94.5 Å². The predicted molar refractivity (Wildman–Crippen MR) is 92.1 cm³/mol.